The molecule has 0 aliphatic rings. The predicted octanol–water partition coefficient (Wildman–Crippen LogP) is 1.96. The quantitative estimate of drug-likeness (QED) is 0.897. The van der Waals surface area contributed by atoms with E-state index in [-0.39, 0.29) is 12.1 Å². The number of halogens is 2. The van der Waals surface area contributed by atoms with Gasteiger partial charge < -0.3 is 10.0 Å². The zero-order valence-electron chi connectivity index (χ0n) is 9.98. The Morgan fingerprint density at radius 2 is 1.78 bits per heavy atom. The van der Waals surface area contributed by atoms with E-state index in [1.54, 1.807) is 6.92 Å². The number of rotatable bonds is 4. The minimum atomic E-state index is -1.39. The van der Waals surface area contributed by atoms with Gasteiger partial charge >= 0.3 is 5.97 Å². The summed E-state index contributed by atoms with van der Waals surface area (Å²) in [5, 5.41) is 9.12. The summed E-state index contributed by atoms with van der Waals surface area (Å²) in [6.07, 6.45) is 0. The van der Waals surface area contributed by atoms with Crippen LogP contribution in [-0.4, -0.2) is 28.4 Å². The Bertz CT molecular complexity index is 456. The van der Waals surface area contributed by atoms with Crippen molar-refractivity contribution in [3.8, 4) is 0 Å². The molecule has 1 aromatic carbocycles. The first-order chi connectivity index (χ1) is 8.36. The van der Waals surface area contributed by atoms with Crippen molar-refractivity contribution in [1.29, 1.82) is 0 Å². The SMILES string of the molecule is CCN(C(C)=O)C(C(=O)O)c1cc(F)cc(F)c1. The van der Waals surface area contributed by atoms with Crippen LogP contribution in [0.2, 0.25) is 0 Å². The van der Waals surface area contributed by atoms with Crippen LogP contribution in [0.3, 0.4) is 0 Å². The van der Waals surface area contributed by atoms with Crippen molar-refractivity contribution in [3.63, 3.8) is 0 Å². The molecule has 98 valence electrons. The fourth-order valence-corrected chi connectivity index (χ4v) is 1.78. The molecule has 0 aromatic heterocycles. The van der Waals surface area contributed by atoms with Gasteiger partial charge in [-0.15, -0.1) is 0 Å². The molecule has 4 nitrogen and oxygen atoms in total. The van der Waals surface area contributed by atoms with Gasteiger partial charge in [0.15, 0.2) is 6.04 Å². The van der Waals surface area contributed by atoms with Gasteiger partial charge in [0.1, 0.15) is 11.6 Å². The van der Waals surface area contributed by atoms with Crippen LogP contribution in [-0.2, 0) is 9.59 Å². The molecule has 1 N–H and O–H groups in total. The summed E-state index contributed by atoms with van der Waals surface area (Å²) < 4.78 is 26.2. The van der Waals surface area contributed by atoms with E-state index in [4.69, 9.17) is 5.11 Å². The molecule has 1 aromatic rings. The van der Waals surface area contributed by atoms with Crippen molar-refractivity contribution in [2.75, 3.05) is 6.54 Å². The summed E-state index contributed by atoms with van der Waals surface area (Å²) in [4.78, 5) is 23.6. The van der Waals surface area contributed by atoms with Crippen molar-refractivity contribution < 1.29 is 23.5 Å². The van der Waals surface area contributed by atoms with E-state index in [1.807, 2.05) is 0 Å². The van der Waals surface area contributed by atoms with Crippen LogP contribution in [0.1, 0.15) is 25.5 Å². The van der Waals surface area contributed by atoms with Crippen molar-refractivity contribution in [2.24, 2.45) is 0 Å². The molecule has 0 saturated heterocycles. The van der Waals surface area contributed by atoms with Crippen molar-refractivity contribution >= 4 is 11.9 Å². The summed E-state index contributed by atoms with van der Waals surface area (Å²) >= 11 is 0. The molecule has 6 heteroatoms. The maximum Gasteiger partial charge on any atom is 0.331 e. The Balaban J connectivity index is 3.27. The van der Waals surface area contributed by atoms with Gasteiger partial charge in [0.05, 0.1) is 0 Å². The Morgan fingerprint density at radius 1 is 1.28 bits per heavy atom. The lowest BCUT2D eigenvalue weighted by Gasteiger charge is -2.26. The topological polar surface area (TPSA) is 57.6 Å². The van der Waals surface area contributed by atoms with E-state index in [0.717, 1.165) is 17.0 Å². The number of benzene rings is 1. The van der Waals surface area contributed by atoms with E-state index < -0.39 is 29.6 Å². The molecule has 0 radical (unpaired) electrons. The Labute approximate surface area is 103 Å². The summed E-state index contributed by atoms with van der Waals surface area (Å²) in [6.45, 7) is 2.92. The van der Waals surface area contributed by atoms with Gasteiger partial charge in [-0.05, 0) is 24.6 Å². The van der Waals surface area contributed by atoms with Gasteiger partial charge in [0.2, 0.25) is 5.91 Å². The molecule has 18 heavy (non-hydrogen) atoms. The van der Waals surface area contributed by atoms with Crippen molar-refractivity contribution in [3.05, 3.63) is 35.4 Å². The highest BCUT2D eigenvalue weighted by atomic mass is 19.1. The first-order valence-corrected chi connectivity index (χ1v) is 5.32. The summed E-state index contributed by atoms with van der Waals surface area (Å²) in [5.41, 5.74) is -0.1000. The van der Waals surface area contributed by atoms with Gasteiger partial charge in [-0.1, -0.05) is 0 Å². The lowest BCUT2D eigenvalue weighted by atomic mass is 10.0. The van der Waals surface area contributed by atoms with Gasteiger partial charge in [0, 0.05) is 19.5 Å². The van der Waals surface area contributed by atoms with E-state index >= 15 is 0 Å². The number of carbonyl (C=O) groups is 2. The number of carboxylic acid groups (broad SMARTS) is 1. The van der Waals surface area contributed by atoms with E-state index in [2.05, 4.69) is 0 Å². The number of nitrogens with zero attached hydrogens (tertiary/aromatic N) is 1. The predicted molar refractivity (Wildman–Crippen MR) is 59.8 cm³/mol. The van der Waals surface area contributed by atoms with Gasteiger partial charge in [-0.25, -0.2) is 13.6 Å². The molecule has 1 rings (SSSR count). The van der Waals surface area contributed by atoms with Crippen molar-refractivity contribution in [2.45, 2.75) is 19.9 Å². The maximum atomic E-state index is 13.1. The molecule has 0 aliphatic heterocycles. The van der Waals surface area contributed by atoms with Crippen LogP contribution >= 0.6 is 0 Å². The lowest BCUT2D eigenvalue weighted by molar-refractivity contribution is -0.149. The van der Waals surface area contributed by atoms with Crippen LogP contribution in [0.4, 0.5) is 8.78 Å². The highest BCUT2D eigenvalue weighted by molar-refractivity contribution is 5.83. The molecular formula is C12H13F2NO3. The number of likely N-dealkylation sites (N-methyl/N-ethyl adjacent to an activating group) is 1. The average molecular weight is 257 g/mol. The second-order valence-corrected chi connectivity index (χ2v) is 3.75. The number of amides is 1. The normalized spacial score (nSPS) is 12.0. The van der Waals surface area contributed by atoms with Crippen LogP contribution in [0.5, 0.6) is 0 Å². The fourth-order valence-electron chi connectivity index (χ4n) is 1.78. The lowest BCUT2D eigenvalue weighted by Crippen LogP contribution is -2.37. The van der Waals surface area contributed by atoms with E-state index in [9.17, 15) is 18.4 Å². The summed E-state index contributed by atoms with van der Waals surface area (Å²) in [7, 11) is 0. The Kier molecular flexibility index (Phi) is 4.36. The highest BCUT2D eigenvalue weighted by Crippen LogP contribution is 2.23. The van der Waals surface area contributed by atoms with Crippen LogP contribution < -0.4 is 0 Å². The van der Waals surface area contributed by atoms with Crippen molar-refractivity contribution in [1.82, 2.24) is 4.90 Å². The molecule has 0 heterocycles. The van der Waals surface area contributed by atoms with Gasteiger partial charge in [-0.3, -0.25) is 4.79 Å². The van der Waals surface area contributed by atoms with Crippen LogP contribution in [0.15, 0.2) is 18.2 Å². The monoisotopic (exact) mass is 257 g/mol. The molecule has 1 atom stereocenters. The van der Waals surface area contributed by atoms with Crippen LogP contribution in [0, 0.1) is 11.6 Å². The third-order valence-electron chi connectivity index (χ3n) is 2.49. The molecule has 1 unspecified atom stereocenters. The third kappa shape index (κ3) is 3.03. The number of aliphatic carboxylic acids is 1. The standard InChI is InChI=1S/C12H13F2NO3/c1-3-15(7(2)16)11(12(17)18)8-4-9(13)6-10(14)5-8/h4-6,11H,3H2,1-2H3,(H,17,18). The fraction of sp³-hybridized carbons (Fsp3) is 0.333. The molecule has 1 amide bonds. The second kappa shape index (κ2) is 5.57. The summed E-state index contributed by atoms with van der Waals surface area (Å²) in [5.74, 6) is -3.57. The van der Waals surface area contributed by atoms with Crippen LogP contribution in [0.25, 0.3) is 0 Å². The minimum absolute atomic E-state index is 0.1000. The summed E-state index contributed by atoms with van der Waals surface area (Å²) in [6, 6.07) is 1.07. The van der Waals surface area contributed by atoms with Gasteiger partial charge in [-0.2, -0.15) is 0 Å². The maximum absolute atomic E-state index is 13.1. The molecule has 0 spiro atoms. The Hall–Kier alpha value is -1.98. The second-order valence-electron chi connectivity index (χ2n) is 3.75. The zero-order valence-corrected chi connectivity index (χ0v) is 9.98. The molecule has 0 aliphatic carbocycles. The smallest absolute Gasteiger partial charge is 0.331 e. The Morgan fingerprint density at radius 3 is 2.11 bits per heavy atom. The number of carbonyl (C=O) groups excluding carboxylic acids is 1. The molecule has 0 saturated carbocycles. The number of hydrogen-bond donors (Lipinski definition) is 1. The molecule has 0 bridgehead atoms. The molecule has 0 fully saturated rings. The minimum Gasteiger partial charge on any atom is -0.479 e. The largest absolute Gasteiger partial charge is 0.479 e. The number of hydrogen-bond acceptors (Lipinski definition) is 2. The first-order valence-electron chi connectivity index (χ1n) is 5.32. The number of carboxylic acids is 1. The van der Waals surface area contributed by atoms with E-state index in [0.29, 0.717) is 6.07 Å². The highest BCUT2D eigenvalue weighted by Gasteiger charge is 2.29. The average Bonchev–Trinajstić information content (AvgIpc) is 2.22. The third-order valence-corrected chi connectivity index (χ3v) is 2.49. The molecular weight excluding hydrogens is 244 g/mol. The van der Waals surface area contributed by atoms with Gasteiger partial charge in [0.25, 0.3) is 0 Å². The van der Waals surface area contributed by atoms with E-state index in [1.165, 1.54) is 6.92 Å². The first kappa shape index (κ1) is 14.1. The zero-order chi connectivity index (χ0) is 13.9.